The van der Waals surface area contributed by atoms with Crippen LogP contribution in [0.1, 0.15) is 82.6 Å². The van der Waals surface area contributed by atoms with Gasteiger partial charge in [0, 0.05) is 11.1 Å². The molecule has 0 aromatic heterocycles. The highest BCUT2D eigenvalue weighted by Gasteiger charge is 2.26. The summed E-state index contributed by atoms with van der Waals surface area (Å²) in [5, 5.41) is 0. The molecule has 0 amide bonds. The van der Waals surface area contributed by atoms with Crippen molar-refractivity contribution in [2.24, 2.45) is 5.92 Å². The molecule has 1 aliphatic rings. The Balaban J connectivity index is 1.43. The van der Waals surface area contributed by atoms with E-state index in [0.717, 1.165) is 25.7 Å². The van der Waals surface area contributed by atoms with Crippen LogP contribution in [-0.2, 0) is 0 Å². The fraction of sp³-hybridized carbons (Fsp3) is 0.438. The van der Waals surface area contributed by atoms with Crippen LogP contribution < -0.4 is 4.74 Å². The first-order valence-corrected chi connectivity index (χ1v) is 13.5. The van der Waals surface area contributed by atoms with E-state index in [1.165, 1.54) is 57.8 Å². The summed E-state index contributed by atoms with van der Waals surface area (Å²) in [4.78, 5) is 0. The molecule has 1 nitrogen and oxygen atoms in total. The van der Waals surface area contributed by atoms with E-state index >= 15 is 8.78 Å². The molecule has 3 aromatic rings. The molecule has 1 fully saturated rings. The molecule has 0 bridgehead atoms. The third kappa shape index (κ3) is 6.19. The van der Waals surface area contributed by atoms with Crippen molar-refractivity contribution in [3.05, 3.63) is 77.4 Å². The van der Waals surface area contributed by atoms with E-state index in [0.29, 0.717) is 22.6 Å². The van der Waals surface area contributed by atoms with Crippen LogP contribution >= 0.6 is 0 Å². The van der Waals surface area contributed by atoms with Crippen molar-refractivity contribution in [2.45, 2.75) is 77.0 Å². The average Bonchev–Trinajstić information content (AvgIpc) is 2.92. The molecule has 1 saturated carbocycles. The Morgan fingerprint density at radius 2 is 1.22 bits per heavy atom. The number of hydrogen-bond donors (Lipinski definition) is 0. The predicted octanol–water partition coefficient (Wildman–Crippen LogP) is 10.2. The molecule has 4 rings (SSSR count). The van der Waals surface area contributed by atoms with Crippen LogP contribution in [0.2, 0.25) is 0 Å². The Morgan fingerprint density at radius 1 is 0.649 bits per heavy atom. The van der Waals surface area contributed by atoms with Crippen LogP contribution in [0, 0.1) is 29.2 Å². The molecule has 198 valence electrons. The van der Waals surface area contributed by atoms with Crippen LogP contribution in [-0.4, -0.2) is 7.11 Å². The van der Waals surface area contributed by atoms with Gasteiger partial charge in [0.1, 0.15) is 0 Å². The van der Waals surface area contributed by atoms with Crippen LogP contribution in [0.25, 0.3) is 22.3 Å². The zero-order valence-corrected chi connectivity index (χ0v) is 21.8. The lowest BCUT2D eigenvalue weighted by molar-refractivity contribution is 0.297. The van der Waals surface area contributed by atoms with Crippen molar-refractivity contribution >= 4 is 0 Å². The third-order valence-electron chi connectivity index (χ3n) is 7.89. The smallest absolute Gasteiger partial charge is 0.201 e. The van der Waals surface area contributed by atoms with Crippen molar-refractivity contribution in [1.29, 1.82) is 0 Å². The maximum absolute atomic E-state index is 15.2. The highest BCUT2D eigenvalue weighted by atomic mass is 19.2. The molecule has 0 N–H and O–H groups in total. The molecule has 0 spiro atoms. The Morgan fingerprint density at radius 3 is 1.81 bits per heavy atom. The summed E-state index contributed by atoms with van der Waals surface area (Å²) in [6, 6.07) is 12.5. The van der Waals surface area contributed by atoms with Crippen molar-refractivity contribution in [3.63, 3.8) is 0 Å². The fourth-order valence-corrected chi connectivity index (χ4v) is 5.64. The van der Waals surface area contributed by atoms with E-state index in [-0.39, 0.29) is 22.8 Å². The number of unbranched alkanes of at least 4 members (excludes halogenated alkanes) is 4. The lowest BCUT2D eigenvalue weighted by Gasteiger charge is -2.29. The largest absolute Gasteiger partial charge is 0.494 e. The normalized spacial score (nSPS) is 17.7. The Labute approximate surface area is 217 Å². The average molecular weight is 513 g/mol. The maximum atomic E-state index is 15.2. The van der Waals surface area contributed by atoms with Gasteiger partial charge in [0.05, 0.1) is 7.11 Å². The zero-order valence-electron chi connectivity index (χ0n) is 21.8. The van der Waals surface area contributed by atoms with Gasteiger partial charge in [0.2, 0.25) is 5.82 Å². The van der Waals surface area contributed by atoms with Crippen molar-refractivity contribution in [2.75, 3.05) is 7.11 Å². The third-order valence-corrected chi connectivity index (χ3v) is 7.89. The van der Waals surface area contributed by atoms with Gasteiger partial charge in [-0.25, -0.2) is 13.2 Å². The topological polar surface area (TPSA) is 9.23 Å². The lowest BCUT2D eigenvalue weighted by Crippen LogP contribution is -2.15. The lowest BCUT2D eigenvalue weighted by atomic mass is 9.76. The van der Waals surface area contributed by atoms with Gasteiger partial charge >= 0.3 is 0 Å². The van der Waals surface area contributed by atoms with Crippen LogP contribution in [0.3, 0.4) is 0 Å². The Hall–Kier alpha value is -2.82. The molecule has 0 heterocycles. The number of hydrogen-bond acceptors (Lipinski definition) is 1. The first-order chi connectivity index (χ1) is 17.9. The molecule has 0 radical (unpaired) electrons. The maximum Gasteiger partial charge on any atom is 0.201 e. The van der Waals surface area contributed by atoms with Crippen molar-refractivity contribution in [1.82, 2.24) is 0 Å². The van der Waals surface area contributed by atoms with E-state index in [4.69, 9.17) is 4.74 Å². The van der Waals surface area contributed by atoms with Gasteiger partial charge in [-0.15, -0.1) is 0 Å². The Bertz CT molecular complexity index is 1180. The molecule has 3 aromatic carbocycles. The van der Waals surface area contributed by atoms with Crippen LogP contribution in [0.5, 0.6) is 5.75 Å². The van der Waals surface area contributed by atoms with E-state index in [1.54, 1.807) is 36.4 Å². The summed E-state index contributed by atoms with van der Waals surface area (Å²) in [5.74, 6) is -3.12. The van der Waals surface area contributed by atoms with Crippen LogP contribution in [0.15, 0.2) is 48.5 Å². The summed E-state index contributed by atoms with van der Waals surface area (Å²) in [5.41, 5.74) is 1.61. The van der Waals surface area contributed by atoms with Gasteiger partial charge < -0.3 is 4.74 Å². The summed E-state index contributed by atoms with van der Waals surface area (Å²) < 4.78 is 63.7. The first-order valence-electron chi connectivity index (χ1n) is 13.5. The first kappa shape index (κ1) is 27.2. The standard InChI is InChI=1S/C32H36F4O/c1-3-4-5-6-7-8-21-9-11-22(12-10-21)25-17-18-26(30(34)29(25)33)23-13-15-24(16-14-23)27-19-20-28(37-2)32(36)31(27)35/h13-22H,3-12H2,1-2H3. The van der Waals surface area contributed by atoms with E-state index in [2.05, 4.69) is 6.92 Å². The number of methoxy groups -OCH3 is 1. The molecule has 37 heavy (non-hydrogen) atoms. The zero-order chi connectivity index (χ0) is 26.4. The van der Waals surface area contributed by atoms with Crippen LogP contribution in [0.4, 0.5) is 17.6 Å². The number of benzene rings is 3. The van der Waals surface area contributed by atoms with E-state index in [9.17, 15) is 8.78 Å². The molecule has 5 heteroatoms. The second kappa shape index (κ2) is 12.6. The SMILES string of the molecule is CCCCCCCC1CCC(c2ccc(-c3ccc(-c4ccc(OC)c(F)c4F)cc3)c(F)c2F)CC1. The minimum atomic E-state index is -1.06. The van der Waals surface area contributed by atoms with Gasteiger partial charge in [-0.3, -0.25) is 0 Å². The molecule has 0 unspecified atom stereocenters. The minimum absolute atomic E-state index is 0.0511. The second-order valence-electron chi connectivity index (χ2n) is 10.3. The monoisotopic (exact) mass is 512 g/mol. The summed E-state index contributed by atoms with van der Waals surface area (Å²) in [7, 11) is 1.27. The summed E-state index contributed by atoms with van der Waals surface area (Å²) in [6.45, 7) is 2.22. The fourth-order valence-electron chi connectivity index (χ4n) is 5.64. The quantitative estimate of drug-likeness (QED) is 0.194. The van der Waals surface area contributed by atoms with Gasteiger partial charge in [-0.2, -0.15) is 4.39 Å². The van der Waals surface area contributed by atoms with Gasteiger partial charge in [0.25, 0.3) is 0 Å². The highest BCUT2D eigenvalue weighted by molar-refractivity contribution is 5.71. The molecular formula is C32H36F4O. The summed E-state index contributed by atoms with van der Waals surface area (Å²) >= 11 is 0. The molecule has 0 aliphatic heterocycles. The van der Waals surface area contributed by atoms with Crippen molar-refractivity contribution in [3.8, 4) is 28.0 Å². The van der Waals surface area contributed by atoms with E-state index < -0.39 is 23.3 Å². The number of rotatable bonds is 10. The van der Waals surface area contributed by atoms with Gasteiger partial charge in [-0.05, 0) is 66.3 Å². The molecule has 1 aliphatic carbocycles. The van der Waals surface area contributed by atoms with Gasteiger partial charge in [0.15, 0.2) is 23.2 Å². The molecule has 0 saturated heterocycles. The summed E-state index contributed by atoms with van der Waals surface area (Å²) in [6.07, 6.45) is 11.6. The number of halogens is 4. The van der Waals surface area contributed by atoms with Crippen molar-refractivity contribution < 1.29 is 22.3 Å². The second-order valence-corrected chi connectivity index (χ2v) is 10.3. The number of ether oxygens (including phenoxy) is 1. The Kier molecular flexibility index (Phi) is 9.28. The predicted molar refractivity (Wildman–Crippen MR) is 142 cm³/mol. The van der Waals surface area contributed by atoms with E-state index in [1.807, 2.05) is 0 Å². The minimum Gasteiger partial charge on any atom is -0.494 e. The van der Waals surface area contributed by atoms with Gasteiger partial charge in [-0.1, -0.05) is 81.8 Å². The molecular weight excluding hydrogens is 476 g/mol. The molecule has 0 atom stereocenters. The highest BCUT2D eigenvalue weighted by Crippen LogP contribution is 2.40.